The van der Waals surface area contributed by atoms with Crippen LogP contribution in [0.5, 0.6) is 0 Å². The molecule has 0 radical (unpaired) electrons. The fraction of sp³-hybridized carbons (Fsp3) is 0.500. The van der Waals surface area contributed by atoms with E-state index in [9.17, 15) is 4.79 Å². The Morgan fingerprint density at radius 3 is 2.88 bits per heavy atom. The Labute approximate surface area is 92.3 Å². The van der Waals surface area contributed by atoms with Crippen molar-refractivity contribution in [2.45, 2.75) is 12.8 Å². The Balaban J connectivity index is 2.06. The summed E-state index contributed by atoms with van der Waals surface area (Å²) >= 11 is 0. The summed E-state index contributed by atoms with van der Waals surface area (Å²) in [6, 6.07) is 1.40. The van der Waals surface area contributed by atoms with Crippen LogP contribution in [-0.4, -0.2) is 39.5 Å². The fourth-order valence-corrected chi connectivity index (χ4v) is 1.47. The normalized spacial score (nSPS) is 16.8. The molecule has 1 aromatic heterocycles. The van der Waals surface area contributed by atoms with Gasteiger partial charge in [-0.15, -0.1) is 5.10 Å². The summed E-state index contributed by atoms with van der Waals surface area (Å²) in [7, 11) is 0. The Hall–Kier alpha value is -1.69. The standard InChI is InChI=1S/C10H13N3O3/c14-6-10(2-3-10)5-11-8-7(9(15)16)1-4-12-13-8/h1,4,14H,2-3,5-6H2,(H,11,13)(H,15,16). The Kier molecular flexibility index (Phi) is 2.74. The first kappa shape index (κ1) is 10.8. The van der Waals surface area contributed by atoms with Crippen molar-refractivity contribution >= 4 is 11.8 Å². The van der Waals surface area contributed by atoms with Crippen molar-refractivity contribution < 1.29 is 15.0 Å². The molecular formula is C10H13N3O3. The smallest absolute Gasteiger partial charge is 0.339 e. The molecule has 0 amide bonds. The van der Waals surface area contributed by atoms with E-state index < -0.39 is 5.97 Å². The molecule has 1 aliphatic carbocycles. The maximum Gasteiger partial charge on any atom is 0.339 e. The van der Waals surface area contributed by atoms with Gasteiger partial charge >= 0.3 is 5.97 Å². The number of aliphatic hydroxyl groups excluding tert-OH is 1. The topological polar surface area (TPSA) is 95.3 Å². The van der Waals surface area contributed by atoms with Gasteiger partial charge in [0.25, 0.3) is 0 Å². The number of nitrogens with zero attached hydrogens (tertiary/aromatic N) is 2. The lowest BCUT2D eigenvalue weighted by Gasteiger charge is -2.13. The zero-order valence-electron chi connectivity index (χ0n) is 8.68. The van der Waals surface area contributed by atoms with Crippen LogP contribution >= 0.6 is 0 Å². The van der Waals surface area contributed by atoms with Crippen LogP contribution in [0.3, 0.4) is 0 Å². The molecule has 0 spiro atoms. The van der Waals surface area contributed by atoms with E-state index in [1.165, 1.54) is 12.3 Å². The van der Waals surface area contributed by atoms with Crippen LogP contribution in [0.4, 0.5) is 5.82 Å². The molecule has 86 valence electrons. The van der Waals surface area contributed by atoms with Crippen molar-refractivity contribution in [3.8, 4) is 0 Å². The number of anilines is 1. The van der Waals surface area contributed by atoms with Crippen LogP contribution in [0.25, 0.3) is 0 Å². The first-order valence-electron chi connectivity index (χ1n) is 5.07. The third-order valence-corrected chi connectivity index (χ3v) is 2.87. The Morgan fingerprint density at radius 2 is 2.31 bits per heavy atom. The predicted octanol–water partition coefficient (Wildman–Crippen LogP) is 0.359. The minimum absolute atomic E-state index is 0.0900. The van der Waals surface area contributed by atoms with Gasteiger partial charge in [-0.1, -0.05) is 0 Å². The third kappa shape index (κ3) is 2.11. The first-order chi connectivity index (χ1) is 7.67. The SMILES string of the molecule is O=C(O)c1ccnnc1NCC1(CO)CC1. The number of carboxylic acid groups (broad SMARTS) is 1. The molecule has 0 unspecified atom stereocenters. The maximum absolute atomic E-state index is 10.9. The lowest BCUT2D eigenvalue weighted by Crippen LogP contribution is -2.21. The molecule has 1 saturated carbocycles. The Morgan fingerprint density at radius 1 is 1.56 bits per heavy atom. The second kappa shape index (κ2) is 4.05. The summed E-state index contributed by atoms with van der Waals surface area (Å²) in [4.78, 5) is 10.9. The molecule has 0 atom stereocenters. The average molecular weight is 223 g/mol. The molecule has 1 heterocycles. The van der Waals surface area contributed by atoms with Crippen molar-refractivity contribution in [1.29, 1.82) is 0 Å². The van der Waals surface area contributed by atoms with E-state index in [2.05, 4.69) is 15.5 Å². The van der Waals surface area contributed by atoms with Gasteiger partial charge in [-0.2, -0.15) is 5.10 Å². The van der Waals surface area contributed by atoms with Crippen molar-refractivity contribution in [1.82, 2.24) is 10.2 Å². The summed E-state index contributed by atoms with van der Waals surface area (Å²) in [5.41, 5.74) is 0.0107. The van der Waals surface area contributed by atoms with Gasteiger partial charge in [0.2, 0.25) is 0 Å². The van der Waals surface area contributed by atoms with Crippen LogP contribution in [-0.2, 0) is 0 Å². The summed E-state index contributed by atoms with van der Waals surface area (Å²) in [5, 5.41) is 28.3. The minimum atomic E-state index is -1.04. The molecule has 0 bridgehead atoms. The highest BCUT2D eigenvalue weighted by Gasteiger charge is 2.41. The van der Waals surface area contributed by atoms with Crippen molar-refractivity contribution in [2.75, 3.05) is 18.5 Å². The van der Waals surface area contributed by atoms with Gasteiger partial charge in [-0.3, -0.25) is 0 Å². The number of aliphatic hydroxyl groups is 1. The first-order valence-corrected chi connectivity index (χ1v) is 5.07. The van der Waals surface area contributed by atoms with Crippen molar-refractivity contribution in [2.24, 2.45) is 5.41 Å². The van der Waals surface area contributed by atoms with Crippen LogP contribution < -0.4 is 5.32 Å². The molecule has 3 N–H and O–H groups in total. The molecule has 0 aliphatic heterocycles. The predicted molar refractivity (Wildman–Crippen MR) is 56.2 cm³/mol. The lowest BCUT2D eigenvalue weighted by atomic mass is 10.1. The van der Waals surface area contributed by atoms with E-state index in [0.717, 1.165) is 12.8 Å². The monoisotopic (exact) mass is 223 g/mol. The summed E-state index contributed by atoms with van der Waals surface area (Å²) in [5.74, 6) is -0.777. The molecule has 0 aromatic carbocycles. The highest BCUT2D eigenvalue weighted by Crippen LogP contribution is 2.44. The lowest BCUT2D eigenvalue weighted by molar-refractivity contribution is 0.0697. The summed E-state index contributed by atoms with van der Waals surface area (Å²) in [6.45, 7) is 0.644. The largest absolute Gasteiger partial charge is 0.478 e. The van der Waals surface area contributed by atoms with E-state index in [1.54, 1.807) is 0 Å². The number of aromatic carboxylic acids is 1. The van der Waals surface area contributed by atoms with Crippen LogP contribution in [0.15, 0.2) is 12.3 Å². The number of hydrogen-bond donors (Lipinski definition) is 3. The van der Waals surface area contributed by atoms with E-state index in [1.807, 2.05) is 0 Å². The summed E-state index contributed by atoms with van der Waals surface area (Å²) < 4.78 is 0. The van der Waals surface area contributed by atoms with Crippen LogP contribution in [0.2, 0.25) is 0 Å². The zero-order chi connectivity index (χ0) is 11.6. The molecule has 2 rings (SSSR count). The molecule has 1 fully saturated rings. The van der Waals surface area contributed by atoms with E-state index in [-0.39, 0.29) is 23.4 Å². The van der Waals surface area contributed by atoms with Crippen molar-refractivity contribution in [3.63, 3.8) is 0 Å². The molecule has 6 nitrogen and oxygen atoms in total. The number of rotatable bonds is 5. The van der Waals surface area contributed by atoms with Gasteiger partial charge in [0.1, 0.15) is 5.56 Å². The average Bonchev–Trinajstić information content (AvgIpc) is 3.07. The van der Waals surface area contributed by atoms with E-state index in [0.29, 0.717) is 6.54 Å². The molecule has 16 heavy (non-hydrogen) atoms. The van der Waals surface area contributed by atoms with Crippen LogP contribution in [0, 0.1) is 5.41 Å². The second-order valence-electron chi connectivity index (χ2n) is 4.11. The Bertz CT molecular complexity index is 404. The maximum atomic E-state index is 10.9. The van der Waals surface area contributed by atoms with Crippen molar-refractivity contribution in [3.05, 3.63) is 17.8 Å². The van der Waals surface area contributed by atoms with Gasteiger partial charge in [-0.25, -0.2) is 4.79 Å². The number of carboxylic acids is 1. The molecular weight excluding hydrogens is 210 g/mol. The van der Waals surface area contributed by atoms with Crippen LogP contribution in [0.1, 0.15) is 23.2 Å². The van der Waals surface area contributed by atoms with Gasteiger partial charge in [-0.05, 0) is 18.9 Å². The number of carbonyl (C=O) groups is 1. The molecule has 0 saturated heterocycles. The van der Waals surface area contributed by atoms with Gasteiger partial charge in [0.05, 0.1) is 12.8 Å². The quantitative estimate of drug-likeness (QED) is 0.667. The van der Waals surface area contributed by atoms with Gasteiger partial charge in [0.15, 0.2) is 5.82 Å². The molecule has 1 aromatic rings. The molecule has 6 heteroatoms. The number of hydrogen-bond acceptors (Lipinski definition) is 5. The zero-order valence-corrected chi connectivity index (χ0v) is 8.68. The minimum Gasteiger partial charge on any atom is -0.478 e. The highest BCUT2D eigenvalue weighted by atomic mass is 16.4. The third-order valence-electron chi connectivity index (χ3n) is 2.87. The van der Waals surface area contributed by atoms with E-state index >= 15 is 0 Å². The van der Waals surface area contributed by atoms with Gasteiger partial charge in [0, 0.05) is 12.0 Å². The number of aromatic nitrogens is 2. The highest BCUT2D eigenvalue weighted by molar-refractivity contribution is 5.92. The molecule has 1 aliphatic rings. The second-order valence-corrected chi connectivity index (χ2v) is 4.11. The number of nitrogens with one attached hydrogen (secondary N) is 1. The van der Waals surface area contributed by atoms with E-state index in [4.69, 9.17) is 10.2 Å². The summed E-state index contributed by atoms with van der Waals surface area (Å²) in [6.07, 6.45) is 3.26. The van der Waals surface area contributed by atoms with Gasteiger partial charge < -0.3 is 15.5 Å². The fourth-order valence-electron chi connectivity index (χ4n) is 1.47.